The first-order chi connectivity index (χ1) is 13.2. The number of nitrogens with one attached hydrogen (secondary N) is 1. The minimum Gasteiger partial charge on any atom is -0.335 e. The fourth-order valence-corrected chi connectivity index (χ4v) is 3.79. The molecule has 0 saturated carbocycles. The topological polar surface area (TPSA) is 63.1 Å². The summed E-state index contributed by atoms with van der Waals surface area (Å²) in [6.07, 6.45) is 8.91. The van der Waals surface area contributed by atoms with Crippen LogP contribution < -0.4 is 5.32 Å². The highest BCUT2D eigenvalue weighted by Gasteiger charge is 2.23. The summed E-state index contributed by atoms with van der Waals surface area (Å²) in [6.45, 7) is 4.66. The first kappa shape index (κ1) is 17.5. The zero-order chi connectivity index (χ0) is 18.6. The highest BCUT2D eigenvalue weighted by Crippen LogP contribution is 2.24. The average molecular weight is 363 g/mol. The van der Waals surface area contributed by atoms with Crippen molar-refractivity contribution in [3.63, 3.8) is 0 Å². The first-order valence-corrected chi connectivity index (χ1v) is 9.58. The Morgan fingerprint density at radius 1 is 1.15 bits per heavy atom. The van der Waals surface area contributed by atoms with Crippen molar-refractivity contribution in [2.45, 2.75) is 32.7 Å². The van der Waals surface area contributed by atoms with Gasteiger partial charge < -0.3 is 14.8 Å². The van der Waals surface area contributed by atoms with Gasteiger partial charge in [0.05, 0.1) is 11.2 Å². The molecule has 0 bridgehead atoms. The molecule has 1 aliphatic rings. The Labute approximate surface area is 159 Å². The zero-order valence-corrected chi connectivity index (χ0v) is 15.6. The minimum absolute atomic E-state index is 0.0183. The Morgan fingerprint density at radius 3 is 2.78 bits per heavy atom. The number of imidazole rings is 1. The number of hydrogen-bond acceptors (Lipinski definition) is 3. The van der Waals surface area contributed by atoms with E-state index in [4.69, 9.17) is 0 Å². The van der Waals surface area contributed by atoms with E-state index in [2.05, 4.69) is 19.9 Å². The molecule has 6 heteroatoms. The molecule has 0 atom stereocenters. The van der Waals surface area contributed by atoms with Crippen LogP contribution in [0.5, 0.6) is 0 Å². The van der Waals surface area contributed by atoms with Gasteiger partial charge in [0.15, 0.2) is 0 Å². The number of anilines is 1. The number of aryl methyl sites for hydroxylation is 2. The van der Waals surface area contributed by atoms with Crippen molar-refractivity contribution in [2.75, 3.05) is 18.4 Å². The molecule has 27 heavy (non-hydrogen) atoms. The van der Waals surface area contributed by atoms with Crippen LogP contribution in [0.25, 0.3) is 10.9 Å². The number of pyridine rings is 1. The number of nitrogens with zero attached hydrogens (tertiary/aromatic N) is 4. The van der Waals surface area contributed by atoms with E-state index in [1.54, 1.807) is 6.20 Å². The van der Waals surface area contributed by atoms with E-state index < -0.39 is 0 Å². The van der Waals surface area contributed by atoms with Crippen LogP contribution in [0.15, 0.2) is 48.9 Å². The van der Waals surface area contributed by atoms with Crippen molar-refractivity contribution in [3.8, 4) is 0 Å². The average Bonchev–Trinajstić information content (AvgIpc) is 3.12. The number of hydrogen-bond donors (Lipinski definition) is 1. The summed E-state index contributed by atoms with van der Waals surface area (Å²) in [6, 6.07) is 9.68. The van der Waals surface area contributed by atoms with Gasteiger partial charge in [-0.2, -0.15) is 0 Å². The van der Waals surface area contributed by atoms with Crippen LogP contribution in [0.1, 0.15) is 25.1 Å². The summed E-state index contributed by atoms with van der Waals surface area (Å²) in [5.41, 5.74) is 1.71. The number of piperidine rings is 1. The van der Waals surface area contributed by atoms with Crippen molar-refractivity contribution in [1.82, 2.24) is 19.4 Å². The lowest BCUT2D eigenvalue weighted by Crippen LogP contribution is -2.41. The summed E-state index contributed by atoms with van der Waals surface area (Å²) < 4.78 is 2.20. The second kappa shape index (κ2) is 7.78. The molecule has 0 aliphatic carbocycles. The molecular weight excluding hydrogens is 338 g/mol. The van der Waals surface area contributed by atoms with Crippen LogP contribution in [0, 0.1) is 12.8 Å². The fraction of sp³-hybridized carbons (Fsp3) is 0.381. The van der Waals surface area contributed by atoms with Crippen molar-refractivity contribution in [3.05, 3.63) is 54.7 Å². The van der Waals surface area contributed by atoms with Gasteiger partial charge in [0.1, 0.15) is 5.82 Å². The Balaban J connectivity index is 1.31. The van der Waals surface area contributed by atoms with Gasteiger partial charge in [-0.25, -0.2) is 9.78 Å². The summed E-state index contributed by atoms with van der Waals surface area (Å²) in [5.74, 6) is 1.73. The monoisotopic (exact) mass is 363 g/mol. The second-order valence-corrected chi connectivity index (χ2v) is 7.19. The molecule has 0 radical (unpaired) electrons. The van der Waals surface area contributed by atoms with Crippen molar-refractivity contribution in [2.24, 2.45) is 5.92 Å². The van der Waals surface area contributed by atoms with Gasteiger partial charge >= 0.3 is 6.03 Å². The molecule has 1 fully saturated rings. The van der Waals surface area contributed by atoms with Crippen LogP contribution in [0.2, 0.25) is 0 Å². The molecule has 140 valence electrons. The third-order valence-electron chi connectivity index (χ3n) is 5.49. The van der Waals surface area contributed by atoms with Crippen LogP contribution >= 0.6 is 0 Å². The SMILES string of the molecule is Cc1nccn1CCC1CCN(C(=O)Nc2cccc3ncccc23)CC1. The van der Waals surface area contributed by atoms with Crippen LogP contribution in [-0.2, 0) is 6.54 Å². The molecule has 2 aromatic heterocycles. The van der Waals surface area contributed by atoms with Gasteiger partial charge in [-0.15, -0.1) is 0 Å². The van der Waals surface area contributed by atoms with Gasteiger partial charge in [-0.3, -0.25) is 4.98 Å². The van der Waals surface area contributed by atoms with Gasteiger partial charge in [-0.1, -0.05) is 6.07 Å². The molecule has 4 rings (SSSR count). The molecule has 0 unspecified atom stereocenters. The quantitative estimate of drug-likeness (QED) is 0.760. The van der Waals surface area contributed by atoms with E-state index in [9.17, 15) is 4.79 Å². The molecular formula is C21H25N5O. The van der Waals surface area contributed by atoms with Gasteiger partial charge in [0.25, 0.3) is 0 Å². The van der Waals surface area contributed by atoms with E-state index in [1.165, 1.54) is 0 Å². The Bertz CT molecular complexity index is 922. The number of benzene rings is 1. The molecule has 3 aromatic rings. The molecule has 2 amide bonds. The molecule has 1 saturated heterocycles. The van der Waals surface area contributed by atoms with E-state index in [-0.39, 0.29) is 6.03 Å². The zero-order valence-electron chi connectivity index (χ0n) is 15.6. The molecule has 6 nitrogen and oxygen atoms in total. The second-order valence-electron chi connectivity index (χ2n) is 7.19. The predicted molar refractivity (Wildman–Crippen MR) is 107 cm³/mol. The number of carbonyl (C=O) groups excluding carboxylic acids is 1. The third kappa shape index (κ3) is 3.94. The van der Waals surface area contributed by atoms with Crippen LogP contribution in [0.3, 0.4) is 0 Å². The third-order valence-corrected chi connectivity index (χ3v) is 5.49. The maximum absolute atomic E-state index is 12.7. The molecule has 1 aromatic carbocycles. The summed E-state index contributed by atoms with van der Waals surface area (Å²) >= 11 is 0. The number of aromatic nitrogens is 3. The van der Waals surface area contributed by atoms with Crippen molar-refractivity contribution >= 4 is 22.6 Å². The highest BCUT2D eigenvalue weighted by molar-refractivity contribution is 6.00. The molecule has 1 N–H and O–H groups in total. The Hall–Kier alpha value is -2.89. The number of amides is 2. The molecule has 0 spiro atoms. The van der Waals surface area contributed by atoms with Gasteiger partial charge in [-0.05, 0) is 56.4 Å². The number of carbonyl (C=O) groups is 1. The van der Waals surface area contributed by atoms with Gasteiger partial charge in [0.2, 0.25) is 0 Å². The summed E-state index contributed by atoms with van der Waals surface area (Å²) in [4.78, 5) is 23.2. The largest absolute Gasteiger partial charge is 0.335 e. The van der Waals surface area contributed by atoms with Crippen molar-refractivity contribution in [1.29, 1.82) is 0 Å². The Morgan fingerprint density at radius 2 is 2.00 bits per heavy atom. The molecule has 1 aliphatic heterocycles. The van der Waals surface area contributed by atoms with Crippen molar-refractivity contribution < 1.29 is 4.79 Å². The highest BCUT2D eigenvalue weighted by atomic mass is 16.2. The number of fused-ring (bicyclic) bond motifs is 1. The summed E-state index contributed by atoms with van der Waals surface area (Å²) in [7, 11) is 0. The maximum Gasteiger partial charge on any atom is 0.321 e. The normalized spacial score (nSPS) is 15.2. The number of urea groups is 1. The van der Waals surface area contributed by atoms with E-state index in [0.29, 0.717) is 5.92 Å². The lowest BCUT2D eigenvalue weighted by molar-refractivity contribution is 0.178. The van der Waals surface area contributed by atoms with Gasteiger partial charge in [0, 0.05) is 43.6 Å². The minimum atomic E-state index is -0.0183. The smallest absolute Gasteiger partial charge is 0.321 e. The number of rotatable bonds is 4. The Kier molecular flexibility index (Phi) is 5.05. The van der Waals surface area contributed by atoms with Crippen LogP contribution in [0.4, 0.5) is 10.5 Å². The predicted octanol–water partition coefficient (Wildman–Crippen LogP) is 4.07. The lowest BCUT2D eigenvalue weighted by Gasteiger charge is -2.32. The lowest BCUT2D eigenvalue weighted by atomic mass is 9.93. The fourth-order valence-electron chi connectivity index (χ4n) is 3.79. The van der Waals surface area contributed by atoms with E-state index in [1.807, 2.05) is 54.5 Å². The number of likely N-dealkylation sites (tertiary alicyclic amines) is 1. The van der Waals surface area contributed by atoms with Crippen LogP contribution in [-0.4, -0.2) is 38.6 Å². The first-order valence-electron chi connectivity index (χ1n) is 9.58. The summed E-state index contributed by atoms with van der Waals surface area (Å²) in [5, 5.41) is 4.04. The molecule has 3 heterocycles. The maximum atomic E-state index is 12.7. The van der Waals surface area contributed by atoms with E-state index >= 15 is 0 Å². The van der Waals surface area contributed by atoms with E-state index in [0.717, 1.165) is 61.3 Å². The standard InChI is InChI=1S/C21H25N5O/c1-16-22-11-15-25(16)12-7-17-8-13-26(14-9-17)21(27)24-20-6-2-5-19-18(20)4-3-10-23-19/h2-6,10-11,15,17H,7-9,12-14H2,1H3,(H,24,27).